The average Bonchev–Trinajstić information content (AvgIpc) is 2.35. The molecule has 0 bridgehead atoms. The van der Waals surface area contributed by atoms with Crippen LogP contribution in [0.2, 0.25) is 0 Å². The van der Waals surface area contributed by atoms with E-state index in [-0.39, 0.29) is 0 Å². The van der Waals surface area contributed by atoms with E-state index in [0.29, 0.717) is 0 Å². The third kappa shape index (κ3) is 5.91. The van der Waals surface area contributed by atoms with Gasteiger partial charge in [0.25, 0.3) is 0 Å². The summed E-state index contributed by atoms with van der Waals surface area (Å²) in [5.74, 6) is 1.75. The van der Waals surface area contributed by atoms with Crippen LogP contribution in [0.5, 0.6) is 0 Å². The maximum Gasteiger partial charge on any atom is 0.191 e. The van der Waals surface area contributed by atoms with E-state index in [0.717, 1.165) is 37.9 Å². The van der Waals surface area contributed by atoms with Gasteiger partial charge < -0.3 is 15.5 Å². The minimum absolute atomic E-state index is 0.767. The maximum absolute atomic E-state index is 4.68. The topological polar surface area (TPSA) is 39.7 Å². The van der Waals surface area contributed by atoms with E-state index in [2.05, 4.69) is 41.4 Å². The molecule has 4 nitrogen and oxygen atoms in total. The van der Waals surface area contributed by atoms with E-state index in [1.807, 2.05) is 0 Å². The summed E-state index contributed by atoms with van der Waals surface area (Å²) in [4.78, 5) is 7.08. The molecule has 1 aliphatic rings. The Bertz CT molecular complexity index is 219. The Labute approximate surface area is 106 Å². The van der Waals surface area contributed by atoms with E-state index in [9.17, 15) is 0 Å². The fraction of sp³-hybridized carbons (Fsp3) is 0.923. The van der Waals surface area contributed by atoms with Crippen molar-refractivity contribution < 1.29 is 0 Å². The highest BCUT2D eigenvalue weighted by molar-refractivity contribution is 5.79. The van der Waals surface area contributed by atoms with Gasteiger partial charge in [-0.3, -0.25) is 4.99 Å². The molecule has 1 heterocycles. The van der Waals surface area contributed by atoms with Crippen LogP contribution in [0.25, 0.3) is 0 Å². The lowest BCUT2D eigenvalue weighted by Crippen LogP contribution is -2.38. The predicted octanol–water partition coefficient (Wildman–Crippen LogP) is 1.29. The lowest BCUT2D eigenvalue weighted by atomic mass is 9.97. The summed E-state index contributed by atoms with van der Waals surface area (Å²) in [7, 11) is 2.20. The van der Waals surface area contributed by atoms with Gasteiger partial charge in [-0.1, -0.05) is 6.92 Å². The monoisotopic (exact) mass is 240 g/mol. The van der Waals surface area contributed by atoms with Gasteiger partial charge in [0.1, 0.15) is 0 Å². The van der Waals surface area contributed by atoms with Crippen molar-refractivity contribution in [3.05, 3.63) is 0 Å². The van der Waals surface area contributed by atoms with Gasteiger partial charge in [0, 0.05) is 19.6 Å². The molecule has 0 unspecified atom stereocenters. The predicted molar refractivity (Wildman–Crippen MR) is 74.5 cm³/mol. The first-order chi connectivity index (χ1) is 8.26. The Morgan fingerprint density at radius 3 is 2.53 bits per heavy atom. The lowest BCUT2D eigenvalue weighted by Gasteiger charge is -2.28. The van der Waals surface area contributed by atoms with Gasteiger partial charge >= 0.3 is 0 Å². The zero-order valence-corrected chi connectivity index (χ0v) is 11.6. The highest BCUT2D eigenvalue weighted by Gasteiger charge is 2.16. The minimum Gasteiger partial charge on any atom is -0.357 e. The molecule has 0 aromatic heterocycles. The number of guanidine groups is 1. The summed E-state index contributed by atoms with van der Waals surface area (Å²) in [5, 5.41) is 6.64. The SMILES string of the molecule is CCCNC(=NCC1CCN(C)CC1)NCC. The number of piperidine rings is 1. The van der Waals surface area contributed by atoms with Crippen LogP contribution in [0.1, 0.15) is 33.1 Å². The molecule has 0 radical (unpaired) electrons. The van der Waals surface area contributed by atoms with Crippen LogP contribution in [0.15, 0.2) is 4.99 Å². The van der Waals surface area contributed by atoms with Gasteiger partial charge in [0.05, 0.1) is 0 Å². The second-order valence-electron chi connectivity index (χ2n) is 4.89. The third-order valence-electron chi connectivity index (χ3n) is 3.23. The van der Waals surface area contributed by atoms with Crippen LogP contribution < -0.4 is 10.6 Å². The Balaban J connectivity index is 2.31. The van der Waals surface area contributed by atoms with Crippen molar-refractivity contribution in [2.75, 3.05) is 39.8 Å². The second kappa shape index (κ2) is 8.34. The van der Waals surface area contributed by atoms with Crippen LogP contribution in [-0.2, 0) is 0 Å². The number of likely N-dealkylation sites (tertiary alicyclic amines) is 1. The molecule has 0 aliphatic carbocycles. The van der Waals surface area contributed by atoms with Gasteiger partial charge in [0.15, 0.2) is 5.96 Å². The smallest absolute Gasteiger partial charge is 0.191 e. The molecule has 100 valence electrons. The van der Waals surface area contributed by atoms with Gasteiger partial charge in [-0.2, -0.15) is 0 Å². The maximum atomic E-state index is 4.68. The molecule has 0 amide bonds. The van der Waals surface area contributed by atoms with Crippen LogP contribution in [0.3, 0.4) is 0 Å². The molecule has 0 atom stereocenters. The summed E-state index contributed by atoms with van der Waals surface area (Å²) < 4.78 is 0. The van der Waals surface area contributed by atoms with Crippen LogP contribution in [0, 0.1) is 5.92 Å². The number of hydrogen-bond donors (Lipinski definition) is 2. The van der Waals surface area contributed by atoms with Crippen molar-refractivity contribution in [1.29, 1.82) is 0 Å². The molecule has 0 spiro atoms. The molecule has 1 aliphatic heterocycles. The van der Waals surface area contributed by atoms with Crippen molar-refractivity contribution in [3.63, 3.8) is 0 Å². The first-order valence-corrected chi connectivity index (χ1v) is 6.97. The molecular formula is C13H28N4. The molecular weight excluding hydrogens is 212 g/mol. The minimum atomic E-state index is 0.767. The fourth-order valence-corrected chi connectivity index (χ4v) is 2.05. The van der Waals surface area contributed by atoms with Crippen molar-refractivity contribution in [2.24, 2.45) is 10.9 Å². The zero-order valence-electron chi connectivity index (χ0n) is 11.6. The summed E-state index contributed by atoms with van der Waals surface area (Å²) in [6.45, 7) is 9.62. The summed E-state index contributed by atoms with van der Waals surface area (Å²) >= 11 is 0. The summed E-state index contributed by atoms with van der Waals surface area (Å²) in [5.41, 5.74) is 0. The molecule has 1 saturated heterocycles. The quantitative estimate of drug-likeness (QED) is 0.562. The zero-order chi connectivity index (χ0) is 12.5. The number of hydrogen-bond acceptors (Lipinski definition) is 2. The van der Waals surface area contributed by atoms with Crippen molar-refractivity contribution in [2.45, 2.75) is 33.1 Å². The fourth-order valence-electron chi connectivity index (χ4n) is 2.05. The Kier molecular flexibility index (Phi) is 7.01. The van der Waals surface area contributed by atoms with Gasteiger partial charge in [-0.15, -0.1) is 0 Å². The Morgan fingerprint density at radius 2 is 1.94 bits per heavy atom. The average molecular weight is 240 g/mol. The first-order valence-electron chi connectivity index (χ1n) is 6.97. The molecule has 1 fully saturated rings. The number of rotatable bonds is 5. The molecule has 4 heteroatoms. The summed E-state index contributed by atoms with van der Waals surface area (Å²) in [6.07, 6.45) is 3.71. The highest BCUT2D eigenvalue weighted by atomic mass is 15.2. The number of nitrogens with one attached hydrogen (secondary N) is 2. The van der Waals surface area contributed by atoms with Gasteiger partial charge in [-0.05, 0) is 52.2 Å². The van der Waals surface area contributed by atoms with Crippen molar-refractivity contribution >= 4 is 5.96 Å². The lowest BCUT2D eigenvalue weighted by molar-refractivity contribution is 0.223. The Hall–Kier alpha value is -0.770. The van der Waals surface area contributed by atoms with Gasteiger partial charge in [0.2, 0.25) is 0 Å². The van der Waals surface area contributed by atoms with Crippen LogP contribution >= 0.6 is 0 Å². The van der Waals surface area contributed by atoms with Crippen LogP contribution in [-0.4, -0.2) is 50.6 Å². The number of nitrogens with zero attached hydrogens (tertiary/aromatic N) is 2. The first kappa shape index (κ1) is 14.3. The van der Waals surface area contributed by atoms with Gasteiger partial charge in [-0.25, -0.2) is 0 Å². The molecule has 1 rings (SSSR count). The molecule has 17 heavy (non-hydrogen) atoms. The number of aliphatic imine (C=N–C) groups is 1. The van der Waals surface area contributed by atoms with Crippen molar-refractivity contribution in [3.8, 4) is 0 Å². The van der Waals surface area contributed by atoms with E-state index in [4.69, 9.17) is 0 Å². The molecule has 0 saturated carbocycles. The van der Waals surface area contributed by atoms with E-state index in [1.165, 1.54) is 25.9 Å². The third-order valence-corrected chi connectivity index (χ3v) is 3.23. The normalized spacial score (nSPS) is 19.4. The largest absolute Gasteiger partial charge is 0.357 e. The van der Waals surface area contributed by atoms with E-state index < -0.39 is 0 Å². The van der Waals surface area contributed by atoms with E-state index >= 15 is 0 Å². The molecule has 0 aromatic carbocycles. The van der Waals surface area contributed by atoms with Crippen LogP contribution in [0.4, 0.5) is 0 Å². The van der Waals surface area contributed by atoms with E-state index in [1.54, 1.807) is 0 Å². The molecule has 2 N–H and O–H groups in total. The Morgan fingerprint density at radius 1 is 1.24 bits per heavy atom. The van der Waals surface area contributed by atoms with Crippen molar-refractivity contribution in [1.82, 2.24) is 15.5 Å². The summed E-state index contributed by atoms with van der Waals surface area (Å²) in [6, 6.07) is 0. The highest BCUT2D eigenvalue weighted by Crippen LogP contribution is 2.15. The molecule has 0 aromatic rings. The standard InChI is InChI=1S/C13H28N4/c1-4-8-15-13(14-5-2)16-11-12-6-9-17(3)10-7-12/h12H,4-11H2,1-3H3,(H2,14,15,16). The second-order valence-corrected chi connectivity index (χ2v) is 4.89.